The summed E-state index contributed by atoms with van der Waals surface area (Å²) in [5.41, 5.74) is 0.613. The molecular formula is C15H23FN2. The Balaban J connectivity index is 1.79. The van der Waals surface area contributed by atoms with Gasteiger partial charge >= 0.3 is 0 Å². The summed E-state index contributed by atoms with van der Waals surface area (Å²) in [6.45, 7) is 5.27. The lowest BCUT2D eigenvalue weighted by Crippen LogP contribution is -2.41. The number of nitrogens with one attached hydrogen (secondary N) is 1. The van der Waals surface area contributed by atoms with E-state index in [0.717, 1.165) is 19.1 Å². The van der Waals surface area contributed by atoms with Gasteiger partial charge in [0.25, 0.3) is 0 Å². The monoisotopic (exact) mass is 250 g/mol. The Morgan fingerprint density at radius 3 is 2.94 bits per heavy atom. The summed E-state index contributed by atoms with van der Waals surface area (Å²) < 4.78 is 13.4. The minimum atomic E-state index is -0.164. The lowest BCUT2D eigenvalue weighted by atomic mass is 10.0. The molecule has 0 bridgehead atoms. The molecule has 0 amide bonds. The molecule has 0 aromatic heterocycles. The van der Waals surface area contributed by atoms with Crippen LogP contribution in [0.15, 0.2) is 24.3 Å². The summed E-state index contributed by atoms with van der Waals surface area (Å²) in [6.07, 6.45) is 5.20. The molecule has 0 radical (unpaired) electrons. The average Bonchev–Trinajstić information content (AvgIpc) is 2.41. The summed E-state index contributed by atoms with van der Waals surface area (Å²) in [5, 5.41) is 3.19. The van der Waals surface area contributed by atoms with E-state index in [0.29, 0.717) is 5.69 Å². The topological polar surface area (TPSA) is 15.3 Å². The molecule has 3 heteroatoms. The van der Waals surface area contributed by atoms with Crippen LogP contribution in [0.1, 0.15) is 32.6 Å². The number of anilines is 1. The normalized spacial score (nSPS) is 20.9. The Morgan fingerprint density at radius 2 is 2.17 bits per heavy atom. The van der Waals surface area contributed by atoms with Crippen LogP contribution in [0.3, 0.4) is 0 Å². The van der Waals surface area contributed by atoms with Gasteiger partial charge in [-0.15, -0.1) is 0 Å². The first-order valence-corrected chi connectivity index (χ1v) is 7.03. The van der Waals surface area contributed by atoms with Crippen LogP contribution >= 0.6 is 0 Å². The van der Waals surface area contributed by atoms with Crippen LogP contribution in [0.5, 0.6) is 0 Å². The molecule has 0 saturated carbocycles. The molecule has 1 N–H and O–H groups in total. The minimum absolute atomic E-state index is 0.164. The second kappa shape index (κ2) is 6.74. The van der Waals surface area contributed by atoms with Gasteiger partial charge in [-0.2, -0.15) is 0 Å². The van der Waals surface area contributed by atoms with E-state index in [9.17, 15) is 4.39 Å². The maximum atomic E-state index is 13.4. The summed E-state index contributed by atoms with van der Waals surface area (Å²) in [4.78, 5) is 2.54. The van der Waals surface area contributed by atoms with Crippen molar-refractivity contribution in [1.29, 1.82) is 0 Å². The van der Waals surface area contributed by atoms with Crippen molar-refractivity contribution in [1.82, 2.24) is 4.90 Å². The zero-order valence-corrected chi connectivity index (χ0v) is 11.2. The SMILES string of the molecule is CCC1CCCCN1CCNc1ccccc1F. The highest BCUT2D eigenvalue weighted by Gasteiger charge is 2.19. The molecule has 1 heterocycles. The van der Waals surface area contributed by atoms with Crippen LogP contribution < -0.4 is 5.32 Å². The molecule has 2 nitrogen and oxygen atoms in total. The predicted molar refractivity (Wildman–Crippen MR) is 74.4 cm³/mol. The lowest BCUT2D eigenvalue weighted by molar-refractivity contribution is 0.150. The van der Waals surface area contributed by atoms with Crippen molar-refractivity contribution in [2.24, 2.45) is 0 Å². The van der Waals surface area contributed by atoms with Gasteiger partial charge < -0.3 is 5.32 Å². The number of para-hydroxylation sites is 1. The molecule has 100 valence electrons. The van der Waals surface area contributed by atoms with E-state index >= 15 is 0 Å². The fourth-order valence-electron chi connectivity index (χ4n) is 2.76. The molecule has 0 aliphatic carbocycles. The minimum Gasteiger partial charge on any atom is -0.381 e. The smallest absolute Gasteiger partial charge is 0.146 e. The van der Waals surface area contributed by atoms with Gasteiger partial charge in [0.05, 0.1) is 5.69 Å². The fourth-order valence-corrected chi connectivity index (χ4v) is 2.76. The maximum absolute atomic E-state index is 13.4. The molecular weight excluding hydrogens is 227 g/mol. The maximum Gasteiger partial charge on any atom is 0.146 e. The Hall–Kier alpha value is -1.09. The molecule has 0 spiro atoms. The Morgan fingerprint density at radius 1 is 1.33 bits per heavy atom. The summed E-state index contributed by atoms with van der Waals surface area (Å²) >= 11 is 0. The quantitative estimate of drug-likeness (QED) is 0.860. The van der Waals surface area contributed by atoms with E-state index in [4.69, 9.17) is 0 Å². The molecule has 18 heavy (non-hydrogen) atoms. The van der Waals surface area contributed by atoms with Gasteiger partial charge in [-0.1, -0.05) is 25.5 Å². The van der Waals surface area contributed by atoms with Crippen molar-refractivity contribution in [3.05, 3.63) is 30.1 Å². The van der Waals surface area contributed by atoms with E-state index in [1.54, 1.807) is 12.1 Å². The molecule has 1 fully saturated rings. The number of piperidine rings is 1. The third-order valence-electron chi connectivity index (χ3n) is 3.81. The molecule has 1 aliphatic heterocycles. The first kappa shape index (κ1) is 13.3. The van der Waals surface area contributed by atoms with Crippen LogP contribution in [0.25, 0.3) is 0 Å². The predicted octanol–water partition coefficient (Wildman–Crippen LogP) is 3.50. The number of benzene rings is 1. The van der Waals surface area contributed by atoms with Gasteiger partial charge in [0.2, 0.25) is 0 Å². The number of halogens is 1. The summed E-state index contributed by atoms with van der Waals surface area (Å²) in [6, 6.07) is 7.60. The molecule has 1 atom stereocenters. The van der Waals surface area contributed by atoms with Crippen molar-refractivity contribution >= 4 is 5.69 Å². The van der Waals surface area contributed by atoms with Gasteiger partial charge in [0.15, 0.2) is 0 Å². The van der Waals surface area contributed by atoms with E-state index < -0.39 is 0 Å². The van der Waals surface area contributed by atoms with Crippen molar-refractivity contribution in [2.75, 3.05) is 25.0 Å². The van der Waals surface area contributed by atoms with Crippen LogP contribution in [0.4, 0.5) is 10.1 Å². The van der Waals surface area contributed by atoms with Crippen LogP contribution in [0.2, 0.25) is 0 Å². The number of likely N-dealkylation sites (tertiary alicyclic amines) is 1. The molecule has 1 aromatic carbocycles. The van der Waals surface area contributed by atoms with Crippen LogP contribution in [-0.4, -0.2) is 30.6 Å². The number of hydrogen-bond acceptors (Lipinski definition) is 2. The van der Waals surface area contributed by atoms with Crippen molar-refractivity contribution in [3.63, 3.8) is 0 Å². The van der Waals surface area contributed by atoms with Gasteiger partial charge in [-0.25, -0.2) is 4.39 Å². The van der Waals surface area contributed by atoms with Crippen molar-refractivity contribution < 1.29 is 4.39 Å². The lowest BCUT2D eigenvalue weighted by Gasteiger charge is -2.35. The van der Waals surface area contributed by atoms with Crippen LogP contribution in [-0.2, 0) is 0 Å². The van der Waals surface area contributed by atoms with Gasteiger partial charge in [-0.3, -0.25) is 4.90 Å². The molecule has 1 saturated heterocycles. The van der Waals surface area contributed by atoms with Gasteiger partial charge in [-0.05, 0) is 37.9 Å². The Bertz CT molecular complexity index is 367. The molecule has 1 aliphatic rings. The van der Waals surface area contributed by atoms with Gasteiger partial charge in [0.1, 0.15) is 5.82 Å². The van der Waals surface area contributed by atoms with Crippen LogP contribution in [0, 0.1) is 5.82 Å². The van der Waals surface area contributed by atoms with Crippen molar-refractivity contribution in [2.45, 2.75) is 38.6 Å². The Kier molecular flexibility index (Phi) is 5.00. The first-order chi connectivity index (χ1) is 8.81. The molecule has 1 unspecified atom stereocenters. The number of rotatable bonds is 5. The highest BCUT2D eigenvalue weighted by Crippen LogP contribution is 2.19. The second-order valence-corrected chi connectivity index (χ2v) is 5.00. The van der Waals surface area contributed by atoms with E-state index in [-0.39, 0.29) is 5.82 Å². The van der Waals surface area contributed by atoms with Crippen molar-refractivity contribution in [3.8, 4) is 0 Å². The molecule has 2 rings (SSSR count). The highest BCUT2D eigenvalue weighted by atomic mass is 19.1. The summed E-state index contributed by atoms with van der Waals surface area (Å²) in [7, 11) is 0. The Labute approximate surface area is 109 Å². The summed E-state index contributed by atoms with van der Waals surface area (Å²) in [5.74, 6) is -0.164. The third kappa shape index (κ3) is 3.45. The fraction of sp³-hybridized carbons (Fsp3) is 0.600. The van der Waals surface area contributed by atoms with E-state index in [1.165, 1.54) is 38.3 Å². The number of hydrogen-bond donors (Lipinski definition) is 1. The third-order valence-corrected chi connectivity index (χ3v) is 3.81. The average molecular weight is 250 g/mol. The first-order valence-electron chi connectivity index (χ1n) is 7.03. The largest absolute Gasteiger partial charge is 0.381 e. The standard InChI is InChI=1S/C15H23FN2/c1-2-13-7-5-6-11-18(13)12-10-17-15-9-4-3-8-14(15)16/h3-4,8-9,13,17H,2,5-7,10-12H2,1H3. The van der Waals surface area contributed by atoms with E-state index in [1.807, 2.05) is 6.07 Å². The van der Waals surface area contributed by atoms with E-state index in [2.05, 4.69) is 17.1 Å². The highest BCUT2D eigenvalue weighted by molar-refractivity contribution is 5.44. The second-order valence-electron chi connectivity index (χ2n) is 5.00. The molecule has 1 aromatic rings. The number of nitrogens with zero attached hydrogens (tertiary/aromatic N) is 1. The zero-order valence-electron chi connectivity index (χ0n) is 11.2. The van der Waals surface area contributed by atoms with Gasteiger partial charge in [0, 0.05) is 19.1 Å². The zero-order chi connectivity index (χ0) is 12.8.